The van der Waals surface area contributed by atoms with E-state index in [1.165, 1.54) is 12.1 Å². The Morgan fingerprint density at radius 2 is 1.95 bits per heavy atom. The fourth-order valence-corrected chi connectivity index (χ4v) is 3.85. The molecular formula is C13H12FNO4S2. The Morgan fingerprint density at radius 3 is 2.48 bits per heavy atom. The maximum atomic E-state index is 12.8. The Bertz CT molecular complexity index is 711. The number of rotatable bonds is 6. The molecule has 1 heterocycles. The Balaban J connectivity index is 2.15. The first kappa shape index (κ1) is 15.6. The smallest absolute Gasteiger partial charge is 0.327 e. The third-order valence-corrected chi connectivity index (χ3v) is 4.89. The van der Waals surface area contributed by atoms with Gasteiger partial charge in [0.25, 0.3) is 0 Å². The van der Waals surface area contributed by atoms with Crippen LogP contribution >= 0.6 is 11.3 Å². The van der Waals surface area contributed by atoms with Crippen LogP contribution in [0, 0.1) is 5.82 Å². The number of hydrogen-bond acceptors (Lipinski definition) is 4. The van der Waals surface area contributed by atoms with Crippen molar-refractivity contribution in [3.63, 3.8) is 0 Å². The van der Waals surface area contributed by atoms with Gasteiger partial charge in [-0.25, -0.2) is 12.8 Å². The van der Waals surface area contributed by atoms with E-state index in [0.29, 0.717) is 10.4 Å². The predicted molar refractivity (Wildman–Crippen MR) is 76.9 cm³/mol. The average molecular weight is 329 g/mol. The zero-order chi connectivity index (χ0) is 15.5. The van der Waals surface area contributed by atoms with E-state index in [1.807, 2.05) is 0 Å². The fourth-order valence-electron chi connectivity index (χ4n) is 1.71. The van der Waals surface area contributed by atoms with Crippen molar-refractivity contribution in [3.8, 4) is 0 Å². The standard InChI is InChI=1S/C13H12FNO4S2/c14-10-5-3-9(4-6-10)8-21(18,19)15-12(13(16)17)11-2-1-7-20-11/h1-7,12,15H,8H2,(H,16,17). The predicted octanol–water partition coefficient (Wildman–Crippen LogP) is 2.13. The molecule has 1 aromatic heterocycles. The number of halogens is 1. The molecule has 0 amide bonds. The highest BCUT2D eigenvalue weighted by Crippen LogP contribution is 2.21. The van der Waals surface area contributed by atoms with Gasteiger partial charge in [-0.05, 0) is 29.1 Å². The zero-order valence-corrected chi connectivity index (χ0v) is 12.3. The van der Waals surface area contributed by atoms with Gasteiger partial charge in [0.05, 0.1) is 5.75 Å². The summed E-state index contributed by atoms with van der Waals surface area (Å²) in [6, 6.07) is 6.85. The summed E-state index contributed by atoms with van der Waals surface area (Å²) in [5.74, 6) is -2.16. The molecule has 0 spiro atoms. The van der Waals surface area contributed by atoms with Gasteiger partial charge in [-0.15, -0.1) is 11.3 Å². The van der Waals surface area contributed by atoms with E-state index in [0.717, 1.165) is 23.5 Å². The molecule has 2 rings (SSSR count). The molecule has 0 radical (unpaired) electrons. The van der Waals surface area contributed by atoms with Gasteiger partial charge < -0.3 is 5.11 Å². The maximum absolute atomic E-state index is 12.8. The monoisotopic (exact) mass is 329 g/mol. The lowest BCUT2D eigenvalue weighted by Gasteiger charge is -2.13. The second kappa shape index (κ2) is 6.33. The van der Waals surface area contributed by atoms with Gasteiger partial charge in [0.1, 0.15) is 5.82 Å². The van der Waals surface area contributed by atoms with Crippen molar-refractivity contribution in [2.45, 2.75) is 11.8 Å². The number of hydrogen-bond donors (Lipinski definition) is 2. The van der Waals surface area contributed by atoms with Crippen LogP contribution in [0.4, 0.5) is 4.39 Å². The van der Waals surface area contributed by atoms with E-state index in [9.17, 15) is 17.6 Å². The van der Waals surface area contributed by atoms with E-state index in [-0.39, 0.29) is 0 Å². The number of aliphatic carboxylic acids is 1. The molecular weight excluding hydrogens is 317 g/mol. The quantitative estimate of drug-likeness (QED) is 0.850. The lowest BCUT2D eigenvalue weighted by molar-refractivity contribution is -0.139. The first-order valence-electron chi connectivity index (χ1n) is 5.88. The molecule has 2 aromatic rings. The van der Waals surface area contributed by atoms with Gasteiger partial charge in [-0.2, -0.15) is 4.72 Å². The van der Waals surface area contributed by atoms with Crippen LogP contribution in [-0.2, 0) is 20.6 Å². The first-order chi connectivity index (χ1) is 9.87. The van der Waals surface area contributed by atoms with E-state index < -0.39 is 33.6 Å². The average Bonchev–Trinajstić information content (AvgIpc) is 2.92. The lowest BCUT2D eigenvalue weighted by atomic mass is 10.2. The normalized spacial score (nSPS) is 13.0. The molecule has 0 aliphatic rings. The van der Waals surface area contributed by atoms with Crippen LogP contribution in [0.15, 0.2) is 41.8 Å². The van der Waals surface area contributed by atoms with E-state index in [4.69, 9.17) is 5.11 Å². The third kappa shape index (κ3) is 4.35. The largest absolute Gasteiger partial charge is 0.480 e. The van der Waals surface area contributed by atoms with Crippen LogP contribution in [-0.4, -0.2) is 19.5 Å². The highest BCUT2D eigenvalue weighted by molar-refractivity contribution is 7.88. The van der Waals surface area contributed by atoms with Gasteiger partial charge in [0.15, 0.2) is 6.04 Å². The molecule has 0 saturated heterocycles. The van der Waals surface area contributed by atoms with Crippen molar-refractivity contribution in [1.82, 2.24) is 4.72 Å². The van der Waals surface area contributed by atoms with E-state index in [1.54, 1.807) is 17.5 Å². The zero-order valence-electron chi connectivity index (χ0n) is 10.7. The van der Waals surface area contributed by atoms with Crippen molar-refractivity contribution in [2.75, 3.05) is 0 Å². The summed E-state index contributed by atoms with van der Waals surface area (Å²) in [5.41, 5.74) is 0.374. The maximum Gasteiger partial charge on any atom is 0.327 e. The van der Waals surface area contributed by atoms with Crippen LogP contribution in [0.5, 0.6) is 0 Å². The summed E-state index contributed by atoms with van der Waals surface area (Å²) in [6.07, 6.45) is 0. The molecule has 2 N–H and O–H groups in total. The van der Waals surface area contributed by atoms with Crippen molar-refractivity contribution in [1.29, 1.82) is 0 Å². The Labute approximate surface area is 125 Å². The molecule has 0 aliphatic carbocycles. The number of nitrogens with one attached hydrogen (secondary N) is 1. The third-order valence-electron chi connectivity index (χ3n) is 2.64. The highest BCUT2D eigenvalue weighted by atomic mass is 32.2. The van der Waals surface area contributed by atoms with Crippen molar-refractivity contribution in [3.05, 3.63) is 58.0 Å². The van der Waals surface area contributed by atoms with E-state index in [2.05, 4.69) is 4.72 Å². The Morgan fingerprint density at radius 1 is 1.29 bits per heavy atom. The van der Waals surface area contributed by atoms with Crippen LogP contribution in [0.1, 0.15) is 16.5 Å². The molecule has 8 heteroatoms. The number of carboxylic acid groups (broad SMARTS) is 1. The number of thiophene rings is 1. The van der Waals surface area contributed by atoms with Crippen molar-refractivity contribution >= 4 is 27.3 Å². The summed E-state index contributed by atoms with van der Waals surface area (Å²) in [7, 11) is -3.86. The molecule has 0 aliphatic heterocycles. The minimum Gasteiger partial charge on any atom is -0.480 e. The number of sulfonamides is 1. The molecule has 21 heavy (non-hydrogen) atoms. The number of benzene rings is 1. The van der Waals surface area contributed by atoms with Crippen LogP contribution in [0.25, 0.3) is 0 Å². The molecule has 1 unspecified atom stereocenters. The van der Waals surface area contributed by atoms with Crippen LogP contribution in [0.2, 0.25) is 0 Å². The second-order valence-corrected chi connectivity index (χ2v) is 7.02. The summed E-state index contributed by atoms with van der Waals surface area (Å²) < 4.78 is 39.0. The first-order valence-corrected chi connectivity index (χ1v) is 8.41. The van der Waals surface area contributed by atoms with Crippen LogP contribution in [0.3, 0.4) is 0 Å². The SMILES string of the molecule is O=C(O)C(NS(=O)(=O)Cc1ccc(F)cc1)c1cccs1. The highest BCUT2D eigenvalue weighted by Gasteiger charge is 2.26. The van der Waals surface area contributed by atoms with Crippen molar-refractivity contribution < 1.29 is 22.7 Å². The van der Waals surface area contributed by atoms with Gasteiger partial charge in [-0.3, -0.25) is 4.79 Å². The summed E-state index contributed by atoms with van der Waals surface area (Å²) in [6.45, 7) is 0. The Hall–Kier alpha value is -1.77. The number of carbonyl (C=O) groups is 1. The molecule has 112 valence electrons. The summed E-state index contributed by atoms with van der Waals surface area (Å²) in [5, 5.41) is 10.8. The number of carboxylic acids is 1. The second-order valence-electron chi connectivity index (χ2n) is 4.29. The van der Waals surface area contributed by atoms with Gasteiger partial charge in [0, 0.05) is 4.88 Å². The summed E-state index contributed by atoms with van der Waals surface area (Å²) >= 11 is 1.15. The van der Waals surface area contributed by atoms with Crippen molar-refractivity contribution in [2.24, 2.45) is 0 Å². The molecule has 5 nitrogen and oxygen atoms in total. The molecule has 1 atom stereocenters. The molecule has 1 aromatic carbocycles. The fraction of sp³-hybridized carbons (Fsp3) is 0.154. The van der Waals surface area contributed by atoms with Gasteiger partial charge in [-0.1, -0.05) is 18.2 Å². The van der Waals surface area contributed by atoms with Gasteiger partial charge >= 0.3 is 5.97 Å². The van der Waals surface area contributed by atoms with Gasteiger partial charge in [0.2, 0.25) is 10.0 Å². The topological polar surface area (TPSA) is 83.5 Å². The minimum absolute atomic E-state index is 0.374. The molecule has 0 fully saturated rings. The minimum atomic E-state index is -3.86. The lowest BCUT2D eigenvalue weighted by Crippen LogP contribution is -2.34. The Kier molecular flexibility index (Phi) is 4.71. The summed E-state index contributed by atoms with van der Waals surface area (Å²) in [4.78, 5) is 11.6. The molecule has 0 bridgehead atoms. The van der Waals surface area contributed by atoms with E-state index >= 15 is 0 Å². The van der Waals surface area contributed by atoms with Crippen LogP contribution < -0.4 is 4.72 Å². The molecule has 0 saturated carbocycles.